The maximum Gasteiger partial charge on any atom is 0.252 e. The highest BCUT2D eigenvalue weighted by Crippen LogP contribution is 2.43. The Labute approximate surface area is 253 Å². The third kappa shape index (κ3) is 6.99. The Morgan fingerprint density at radius 3 is 2.41 bits per heavy atom. The lowest BCUT2D eigenvalue weighted by Gasteiger charge is -2.31. The second kappa shape index (κ2) is 13.3. The third-order valence-electron chi connectivity index (χ3n) is 6.86. The van der Waals surface area contributed by atoms with E-state index in [0.717, 1.165) is 26.7 Å². The van der Waals surface area contributed by atoms with E-state index in [4.69, 9.17) is 31.2 Å². The molecule has 4 aromatic carbocycles. The van der Waals surface area contributed by atoms with Crippen molar-refractivity contribution in [2.75, 3.05) is 13.2 Å². The van der Waals surface area contributed by atoms with Gasteiger partial charge in [-0.15, -0.1) is 0 Å². The molecule has 0 aromatic heterocycles. The summed E-state index contributed by atoms with van der Waals surface area (Å²) in [6.07, 6.45) is 0.214. The van der Waals surface area contributed by atoms with Crippen LogP contribution < -0.4 is 10.1 Å². The highest BCUT2D eigenvalue weighted by Gasteiger charge is 2.53. The predicted octanol–water partition coefficient (Wildman–Crippen LogP) is 6.68. The fraction of sp³-hybridized carbons (Fsp3) is 0.212. The van der Waals surface area contributed by atoms with Gasteiger partial charge in [-0.3, -0.25) is 4.79 Å². The zero-order valence-electron chi connectivity index (χ0n) is 22.3. The van der Waals surface area contributed by atoms with Gasteiger partial charge in [-0.05, 0) is 65.2 Å². The van der Waals surface area contributed by atoms with Crippen LogP contribution in [0.3, 0.4) is 0 Å². The molecule has 0 aliphatic carbocycles. The topological polar surface area (TPSA) is 80.2 Å². The molecule has 1 amide bonds. The van der Waals surface area contributed by atoms with Crippen molar-refractivity contribution in [1.82, 2.24) is 5.32 Å². The second-order valence-corrected chi connectivity index (χ2v) is 11.2. The second-order valence-electron chi connectivity index (χ2n) is 9.82. The van der Waals surface area contributed by atoms with Crippen LogP contribution in [0.2, 0.25) is 5.02 Å². The van der Waals surface area contributed by atoms with Crippen molar-refractivity contribution in [3.05, 3.63) is 135 Å². The molecule has 0 unspecified atom stereocenters. The van der Waals surface area contributed by atoms with Gasteiger partial charge in [0.2, 0.25) is 5.90 Å². The number of nitrogens with one attached hydrogen (secondary N) is 1. The van der Waals surface area contributed by atoms with Crippen molar-refractivity contribution in [2.45, 2.75) is 31.0 Å². The molecule has 0 radical (unpaired) electrons. The van der Waals surface area contributed by atoms with Gasteiger partial charge in [0.1, 0.15) is 5.75 Å². The number of hydrogen-bond donors (Lipinski definition) is 2. The Hall–Kier alpha value is -3.65. The van der Waals surface area contributed by atoms with Gasteiger partial charge in [0, 0.05) is 41.1 Å². The zero-order valence-corrected chi connectivity index (χ0v) is 24.6. The van der Waals surface area contributed by atoms with Crippen LogP contribution >= 0.6 is 27.5 Å². The van der Waals surface area contributed by atoms with Crippen molar-refractivity contribution in [2.24, 2.45) is 4.99 Å². The van der Waals surface area contributed by atoms with E-state index in [1.807, 2.05) is 97.1 Å². The van der Waals surface area contributed by atoms with E-state index in [-0.39, 0.29) is 12.5 Å². The summed E-state index contributed by atoms with van der Waals surface area (Å²) in [5.41, 5.74) is 2.15. The number of carbonyl (C=O) groups excluding carboxylic acids is 1. The number of halogens is 2. The SMILES string of the molecule is O=C(NCc1cccc(Cl)c1)[C@]1(Cc2ccccc2)N=C(c2ccc(OCCCO)cc2)O[C@@H]1c1ccc(Br)cc1. The number of aliphatic imine (C=N–C) groups is 1. The smallest absolute Gasteiger partial charge is 0.252 e. The molecule has 210 valence electrons. The molecule has 0 saturated heterocycles. The zero-order chi connectivity index (χ0) is 28.7. The van der Waals surface area contributed by atoms with Crippen LogP contribution in [0.4, 0.5) is 0 Å². The van der Waals surface area contributed by atoms with Crippen molar-refractivity contribution in [3.63, 3.8) is 0 Å². The monoisotopic (exact) mass is 632 g/mol. The first-order chi connectivity index (χ1) is 20.0. The van der Waals surface area contributed by atoms with Crippen molar-refractivity contribution >= 4 is 39.3 Å². The minimum atomic E-state index is -1.28. The van der Waals surface area contributed by atoms with Crippen LogP contribution in [0.25, 0.3) is 0 Å². The van der Waals surface area contributed by atoms with Gasteiger partial charge in [0.15, 0.2) is 11.6 Å². The average molecular weight is 634 g/mol. The fourth-order valence-corrected chi connectivity index (χ4v) is 5.29. The molecule has 1 aliphatic rings. The van der Waals surface area contributed by atoms with Crippen LogP contribution in [-0.2, 0) is 22.5 Å². The van der Waals surface area contributed by atoms with E-state index in [0.29, 0.717) is 42.7 Å². The van der Waals surface area contributed by atoms with Crippen LogP contribution in [0.5, 0.6) is 5.75 Å². The summed E-state index contributed by atoms with van der Waals surface area (Å²) in [7, 11) is 0. The number of carbonyl (C=O) groups is 1. The Balaban J connectivity index is 1.53. The average Bonchev–Trinajstić information content (AvgIpc) is 3.37. The number of benzene rings is 4. The van der Waals surface area contributed by atoms with Gasteiger partial charge in [-0.25, -0.2) is 4.99 Å². The predicted molar refractivity (Wildman–Crippen MR) is 164 cm³/mol. The Morgan fingerprint density at radius 2 is 1.71 bits per heavy atom. The molecule has 8 heteroatoms. The molecule has 0 spiro atoms. The molecular weight excluding hydrogens is 604 g/mol. The summed E-state index contributed by atoms with van der Waals surface area (Å²) >= 11 is 9.71. The van der Waals surface area contributed by atoms with Gasteiger partial charge >= 0.3 is 0 Å². The maximum absolute atomic E-state index is 14.3. The van der Waals surface area contributed by atoms with Crippen LogP contribution in [-0.4, -0.2) is 35.7 Å². The summed E-state index contributed by atoms with van der Waals surface area (Å²) in [6, 6.07) is 32.5. The summed E-state index contributed by atoms with van der Waals surface area (Å²) in [6.45, 7) is 0.794. The van der Waals surface area contributed by atoms with Gasteiger partial charge in [0.05, 0.1) is 6.61 Å². The lowest BCUT2D eigenvalue weighted by Crippen LogP contribution is -2.49. The standard InChI is InChI=1S/C33H30BrClN2O4/c34-27-14-10-25(11-15-27)30-33(21-23-6-2-1-3-7-23,32(39)36-22-24-8-4-9-28(35)20-24)37-31(41-30)26-12-16-29(17-13-26)40-19-5-18-38/h1-4,6-17,20,30,38H,5,18-19,21-22H2,(H,36,39)/t30-,33-/m1/s1. The lowest BCUT2D eigenvalue weighted by atomic mass is 9.82. The Bertz CT molecular complexity index is 1500. The molecule has 4 aromatic rings. The minimum Gasteiger partial charge on any atom is -0.494 e. The Kier molecular flexibility index (Phi) is 9.39. The lowest BCUT2D eigenvalue weighted by molar-refractivity contribution is -0.129. The molecule has 1 aliphatic heterocycles. The van der Waals surface area contributed by atoms with E-state index in [2.05, 4.69) is 21.2 Å². The number of rotatable bonds is 11. The number of aliphatic hydroxyl groups excluding tert-OH is 1. The van der Waals surface area contributed by atoms with Crippen LogP contribution in [0.15, 0.2) is 113 Å². The van der Waals surface area contributed by atoms with Gasteiger partial charge in [-0.2, -0.15) is 0 Å². The molecule has 0 saturated carbocycles. The van der Waals surface area contributed by atoms with Crippen molar-refractivity contribution < 1.29 is 19.4 Å². The van der Waals surface area contributed by atoms with E-state index in [1.54, 1.807) is 6.07 Å². The molecule has 6 nitrogen and oxygen atoms in total. The number of hydrogen-bond acceptors (Lipinski definition) is 5. The summed E-state index contributed by atoms with van der Waals surface area (Å²) in [5.74, 6) is 0.821. The maximum atomic E-state index is 14.3. The molecule has 2 atom stereocenters. The number of ether oxygens (including phenoxy) is 2. The highest BCUT2D eigenvalue weighted by atomic mass is 79.9. The summed E-state index contributed by atoms with van der Waals surface area (Å²) in [5, 5.41) is 12.8. The molecular formula is C33H30BrClN2O4. The first-order valence-electron chi connectivity index (χ1n) is 13.4. The minimum absolute atomic E-state index is 0.0725. The summed E-state index contributed by atoms with van der Waals surface area (Å²) in [4.78, 5) is 19.3. The van der Waals surface area contributed by atoms with Gasteiger partial charge in [0.25, 0.3) is 5.91 Å². The molecule has 1 heterocycles. The first-order valence-corrected chi connectivity index (χ1v) is 14.6. The molecule has 41 heavy (non-hydrogen) atoms. The summed E-state index contributed by atoms with van der Waals surface area (Å²) < 4.78 is 13.2. The first kappa shape index (κ1) is 28.9. The Morgan fingerprint density at radius 1 is 0.976 bits per heavy atom. The fourth-order valence-electron chi connectivity index (χ4n) is 4.81. The molecule has 2 N–H and O–H groups in total. The number of nitrogens with zero attached hydrogens (tertiary/aromatic N) is 1. The van der Waals surface area contributed by atoms with E-state index < -0.39 is 11.6 Å². The van der Waals surface area contributed by atoms with E-state index in [9.17, 15) is 4.79 Å². The molecule has 5 rings (SSSR count). The normalized spacial score (nSPS) is 17.9. The number of amides is 1. The molecule has 0 fully saturated rings. The number of aliphatic hydroxyl groups is 1. The quantitative estimate of drug-likeness (QED) is 0.181. The van der Waals surface area contributed by atoms with Crippen molar-refractivity contribution in [1.29, 1.82) is 0 Å². The van der Waals surface area contributed by atoms with Gasteiger partial charge in [-0.1, -0.05) is 82.1 Å². The van der Waals surface area contributed by atoms with E-state index in [1.165, 1.54) is 0 Å². The van der Waals surface area contributed by atoms with Crippen molar-refractivity contribution in [3.8, 4) is 5.75 Å². The third-order valence-corrected chi connectivity index (χ3v) is 7.62. The van der Waals surface area contributed by atoms with Crippen LogP contribution in [0.1, 0.15) is 34.8 Å². The highest BCUT2D eigenvalue weighted by molar-refractivity contribution is 9.10. The van der Waals surface area contributed by atoms with Gasteiger partial charge < -0.3 is 19.9 Å². The molecule has 0 bridgehead atoms. The largest absolute Gasteiger partial charge is 0.494 e. The van der Waals surface area contributed by atoms with E-state index >= 15 is 0 Å². The van der Waals surface area contributed by atoms with Crippen LogP contribution in [0, 0.1) is 0 Å².